The molecule has 1 aliphatic rings. The first-order chi connectivity index (χ1) is 8.61. The molecule has 0 aliphatic carbocycles. The van der Waals surface area contributed by atoms with Gasteiger partial charge < -0.3 is 15.4 Å². The standard InChI is InChI=1S/C13H17ClN2OS/c1-2-10-8-16(5-6-17-10)12-4-3-9(14)7-11(12)13(15)18/h3-4,7,10H,2,5-6,8H2,1H3,(H2,15,18). The van der Waals surface area contributed by atoms with E-state index in [9.17, 15) is 0 Å². The molecule has 0 saturated carbocycles. The number of hydrogen-bond donors (Lipinski definition) is 1. The molecule has 0 radical (unpaired) electrons. The summed E-state index contributed by atoms with van der Waals surface area (Å²) in [7, 11) is 0. The maximum absolute atomic E-state index is 6.00. The van der Waals surface area contributed by atoms with E-state index in [1.165, 1.54) is 0 Å². The van der Waals surface area contributed by atoms with Crippen molar-refractivity contribution in [2.45, 2.75) is 19.4 Å². The molecule has 1 unspecified atom stereocenters. The van der Waals surface area contributed by atoms with Crippen LogP contribution in [0.25, 0.3) is 0 Å². The van der Waals surface area contributed by atoms with Crippen molar-refractivity contribution in [1.82, 2.24) is 0 Å². The van der Waals surface area contributed by atoms with Crippen molar-refractivity contribution in [3.63, 3.8) is 0 Å². The number of rotatable bonds is 3. The van der Waals surface area contributed by atoms with E-state index in [2.05, 4.69) is 11.8 Å². The molecule has 5 heteroatoms. The first-order valence-corrected chi connectivity index (χ1v) is 6.86. The van der Waals surface area contributed by atoms with Gasteiger partial charge in [-0.3, -0.25) is 0 Å². The predicted molar refractivity (Wildman–Crippen MR) is 79.6 cm³/mol. The molecule has 0 bridgehead atoms. The number of anilines is 1. The Hall–Kier alpha value is -0.840. The highest BCUT2D eigenvalue weighted by Gasteiger charge is 2.21. The van der Waals surface area contributed by atoms with Gasteiger partial charge in [-0.1, -0.05) is 30.7 Å². The van der Waals surface area contributed by atoms with Gasteiger partial charge in [-0.25, -0.2) is 0 Å². The summed E-state index contributed by atoms with van der Waals surface area (Å²) in [5.74, 6) is 0. The van der Waals surface area contributed by atoms with Crippen LogP contribution in [0, 0.1) is 0 Å². The third-order valence-electron chi connectivity index (χ3n) is 3.16. The number of ether oxygens (including phenoxy) is 1. The van der Waals surface area contributed by atoms with Gasteiger partial charge in [0.1, 0.15) is 4.99 Å². The topological polar surface area (TPSA) is 38.5 Å². The summed E-state index contributed by atoms with van der Waals surface area (Å²) in [4.78, 5) is 2.65. The quantitative estimate of drug-likeness (QED) is 0.866. The van der Waals surface area contributed by atoms with Gasteiger partial charge in [0.2, 0.25) is 0 Å². The molecule has 1 fully saturated rings. The van der Waals surface area contributed by atoms with Crippen molar-refractivity contribution in [3.05, 3.63) is 28.8 Å². The minimum Gasteiger partial charge on any atom is -0.389 e. The fourth-order valence-corrected chi connectivity index (χ4v) is 2.50. The van der Waals surface area contributed by atoms with Crippen molar-refractivity contribution < 1.29 is 4.74 Å². The van der Waals surface area contributed by atoms with Gasteiger partial charge in [-0.2, -0.15) is 0 Å². The second-order valence-electron chi connectivity index (χ2n) is 4.37. The number of thiocarbonyl (C=S) groups is 1. The van der Waals surface area contributed by atoms with Crippen molar-refractivity contribution in [3.8, 4) is 0 Å². The number of nitrogens with zero attached hydrogens (tertiary/aromatic N) is 1. The normalized spacial score (nSPS) is 19.9. The van der Waals surface area contributed by atoms with Crippen LogP contribution in [0.2, 0.25) is 5.02 Å². The average Bonchev–Trinajstić information content (AvgIpc) is 2.38. The average molecular weight is 285 g/mol. The van der Waals surface area contributed by atoms with Crippen LogP contribution in [0.1, 0.15) is 18.9 Å². The monoisotopic (exact) mass is 284 g/mol. The lowest BCUT2D eigenvalue weighted by atomic mass is 10.1. The van der Waals surface area contributed by atoms with Gasteiger partial charge in [0, 0.05) is 29.4 Å². The molecule has 0 spiro atoms. The van der Waals surface area contributed by atoms with E-state index in [1.54, 1.807) is 0 Å². The van der Waals surface area contributed by atoms with Crippen LogP contribution in [0.4, 0.5) is 5.69 Å². The number of benzene rings is 1. The van der Waals surface area contributed by atoms with Gasteiger partial charge in [-0.05, 0) is 24.6 Å². The smallest absolute Gasteiger partial charge is 0.106 e. The van der Waals surface area contributed by atoms with Crippen molar-refractivity contribution >= 4 is 34.5 Å². The Morgan fingerprint density at radius 2 is 2.39 bits per heavy atom. The highest BCUT2D eigenvalue weighted by atomic mass is 35.5. The molecule has 1 atom stereocenters. The fraction of sp³-hybridized carbons (Fsp3) is 0.462. The Labute approximate surface area is 118 Å². The van der Waals surface area contributed by atoms with Gasteiger partial charge in [0.15, 0.2) is 0 Å². The molecule has 18 heavy (non-hydrogen) atoms. The van der Waals surface area contributed by atoms with E-state index < -0.39 is 0 Å². The Balaban J connectivity index is 2.29. The molecule has 0 amide bonds. The van der Waals surface area contributed by atoms with Crippen LogP contribution >= 0.6 is 23.8 Å². The fourth-order valence-electron chi connectivity index (χ4n) is 2.17. The molecule has 1 aliphatic heterocycles. The zero-order chi connectivity index (χ0) is 13.1. The predicted octanol–water partition coefficient (Wildman–Crippen LogP) is 2.59. The van der Waals surface area contributed by atoms with E-state index in [0.29, 0.717) is 10.0 Å². The number of nitrogens with two attached hydrogens (primary N) is 1. The molecule has 0 aromatic heterocycles. The molecule has 98 valence electrons. The van der Waals surface area contributed by atoms with E-state index >= 15 is 0 Å². The van der Waals surface area contributed by atoms with E-state index in [-0.39, 0.29) is 6.10 Å². The molecular weight excluding hydrogens is 268 g/mol. The first-order valence-electron chi connectivity index (χ1n) is 6.07. The highest BCUT2D eigenvalue weighted by molar-refractivity contribution is 7.80. The minimum atomic E-state index is 0.272. The first kappa shape index (κ1) is 13.6. The zero-order valence-corrected chi connectivity index (χ0v) is 11.9. The molecule has 1 saturated heterocycles. The molecule has 1 aromatic carbocycles. The lowest BCUT2D eigenvalue weighted by molar-refractivity contribution is 0.0384. The highest BCUT2D eigenvalue weighted by Crippen LogP contribution is 2.26. The SMILES string of the molecule is CCC1CN(c2ccc(Cl)cc2C(N)=S)CCO1. The summed E-state index contributed by atoms with van der Waals surface area (Å²) in [6.45, 7) is 4.59. The third kappa shape index (κ3) is 2.94. The molecular formula is C13H17ClN2OS. The number of morpholine rings is 1. The van der Waals surface area contributed by atoms with Gasteiger partial charge in [0.25, 0.3) is 0 Å². The summed E-state index contributed by atoms with van der Waals surface area (Å²) in [5.41, 5.74) is 7.66. The Morgan fingerprint density at radius 1 is 1.61 bits per heavy atom. The summed E-state index contributed by atoms with van der Waals surface area (Å²) in [6, 6.07) is 5.68. The van der Waals surface area contributed by atoms with Gasteiger partial charge in [-0.15, -0.1) is 0 Å². The summed E-state index contributed by atoms with van der Waals surface area (Å²) < 4.78 is 5.67. The van der Waals surface area contributed by atoms with E-state index in [4.69, 9.17) is 34.3 Å². The van der Waals surface area contributed by atoms with Crippen molar-refractivity contribution in [2.24, 2.45) is 5.73 Å². The summed E-state index contributed by atoms with van der Waals surface area (Å²) >= 11 is 11.1. The molecule has 3 nitrogen and oxygen atoms in total. The zero-order valence-electron chi connectivity index (χ0n) is 10.4. The minimum absolute atomic E-state index is 0.272. The molecule has 2 rings (SSSR count). The van der Waals surface area contributed by atoms with Crippen LogP contribution in [0.5, 0.6) is 0 Å². The third-order valence-corrected chi connectivity index (χ3v) is 3.61. The lowest BCUT2D eigenvalue weighted by Crippen LogP contribution is -2.43. The van der Waals surface area contributed by atoms with Crippen LogP contribution in [-0.2, 0) is 4.74 Å². The maximum Gasteiger partial charge on any atom is 0.106 e. The van der Waals surface area contributed by atoms with E-state index in [0.717, 1.165) is 37.4 Å². The lowest BCUT2D eigenvalue weighted by Gasteiger charge is -2.35. The van der Waals surface area contributed by atoms with Crippen molar-refractivity contribution in [2.75, 3.05) is 24.6 Å². The van der Waals surface area contributed by atoms with Crippen molar-refractivity contribution in [1.29, 1.82) is 0 Å². The Morgan fingerprint density at radius 3 is 3.06 bits per heavy atom. The van der Waals surface area contributed by atoms with Crippen LogP contribution in [-0.4, -0.2) is 30.8 Å². The van der Waals surface area contributed by atoms with Gasteiger partial charge in [0.05, 0.1) is 12.7 Å². The maximum atomic E-state index is 6.00. The molecule has 2 N–H and O–H groups in total. The summed E-state index contributed by atoms with van der Waals surface area (Å²) in [6.07, 6.45) is 1.28. The Bertz CT molecular complexity index is 453. The van der Waals surface area contributed by atoms with Crippen LogP contribution < -0.4 is 10.6 Å². The molecule has 1 aromatic rings. The second-order valence-corrected chi connectivity index (χ2v) is 5.25. The van der Waals surface area contributed by atoms with Crippen LogP contribution in [0.3, 0.4) is 0 Å². The number of halogens is 1. The van der Waals surface area contributed by atoms with Gasteiger partial charge >= 0.3 is 0 Å². The summed E-state index contributed by atoms with van der Waals surface area (Å²) in [5, 5.41) is 0.654. The largest absolute Gasteiger partial charge is 0.389 e. The number of hydrogen-bond acceptors (Lipinski definition) is 3. The van der Waals surface area contributed by atoms with Crippen LogP contribution in [0.15, 0.2) is 18.2 Å². The van der Waals surface area contributed by atoms with E-state index in [1.807, 2.05) is 18.2 Å². The second kappa shape index (κ2) is 5.87. The molecule has 1 heterocycles. The Kier molecular flexibility index (Phi) is 4.43.